The van der Waals surface area contributed by atoms with Gasteiger partial charge in [0.25, 0.3) is 5.92 Å². The molecule has 0 aliphatic rings. The van der Waals surface area contributed by atoms with E-state index in [0.717, 1.165) is 7.11 Å². The van der Waals surface area contributed by atoms with Crippen molar-refractivity contribution in [3.05, 3.63) is 35.9 Å². The van der Waals surface area contributed by atoms with Crippen LogP contribution in [0.25, 0.3) is 0 Å². The van der Waals surface area contributed by atoms with Crippen molar-refractivity contribution in [2.24, 2.45) is 5.73 Å². The van der Waals surface area contributed by atoms with Gasteiger partial charge in [-0.1, -0.05) is 30.3 Å². The third kappa shape index (κ3) is 2.30. The first-order valence-corrected chi connectivity index (χ1v) is 4.27. The average Bonchev–Trinajstić information content (AvgIpc) is 2.28. The first-order valence-electron chi connectivity index (χ1n) is 4.27. The van der Waals surface area contributed by atoms with Crippen molar-refractivity contribution in [2.75, 3.05) is 7.11 Å². The van der Waals surface area contributed by atoms with Crippen LogP contribution in [-0.4, -0.2) is 19.1 Å². The predicted molar refractivity (Wildman–Crippen MR) is 50.3 cm³/mol. The number of rotatable bonds is 3. The zero-order valence-electron chi connectivity index (χ0n) is 8.11. The van der Waals surface area contributed by atoms with Crippen LogP contribution >= 0.6 is 0 Å². The first-order chi connectivity index (χ1) is 7.00. The molecule has 0 aliphatic carbocycles. The van der Waals surface area contributed by atoms with Crippen molar-refractivity contribution >= 4 is 5.97 Å². The van der Waals surface area contributed by atoms with E-state index in [1.165, 1.54) is 24.3 Å². The average molecular weight is 215 g/mol. The van der Waals surface area contributed by atoms with Crippen molar-refractivity contribution in [3.8, 4) is 0 Å². The Hall–Kier alpha value is -1.49. The standard InChI is InChI=1S/C10H11F2NO2/c1-15-9(14)8(13)10(11,12)7-5-3-2-4-6-7/h2-6,8H,13H2,1H3. The van der Waals surface area contributed by atoms with Gasteiger partial charge in [0.1, 0.15) is 0 Å². The molecule has 0 heterocycles. The second-order valence-corrected chi connectivity index (χ2v) is 2.99. The Morgan fingerprint density at radius 2 is 1.93 bits per heavy atom. The molecule has 1 aromatic carbocycles. The first kappa shape index (κ1) is 11.6. The van der Waals surface area contributed by atoms with E-state index in [4.69, 9.17) is 5.73 Å². The highest BCUT2D eigenvalue weighted by molar-refractivity contribution is 5.77. The number of alkyl halides is 2. The molecule has 1 atom stereocenters. The van der Waals surface area contributed by atoms with E-state index in [2.05, 4.69) is 4.74 Å². The van der Waals surface area contributed by atoms with Crippen molar-refractivity contribution in [1.82, 2.24) is 0 Å². The summed E-state index contributed by atoms with van der Waals surface area (Å²) in [6.45, 7) is 0. The number of nitrogens with two attached hydrogens (primary N) is 1. The van der Waals surface area contributed by atoms with Crippen LogP contribution < -0.4 is 5.73 Å². The van der Waals surface area contributed by atoms with Crippen LogP contribution in [0.1, 0.15) is 5.56 Å². The zero-order valence-corrected chi connectivity index (χ0v) is 8.11. The highest BCUT2D eigenvalue weighted by Crippen LogP contribution is 2.30. The molecule has 2 N–H and O–H groups in total. The van der Waals surface area contributed by atoms with Gasteiger partial charge in [-0.25, -0.2) is 0 Å². The third-order valence-electron chi connectivity index (χ3n) is 2.00. The minimum atomic E-state index is -3.42. The molecule has 0 spiro atoms. The minimum Gasteiger partial charge on any atom is -0.468 e. The van der Waals surface area contributed by atoms with Crippen LogP contribution in [0.2, 0.25) is 0 Å². The molecule has 0 amide bonds. The summed E-state index contributed by atoms with van der Waals surface area (Å²) in [4.78, 5) is 10.9. The van der Waals surface area contributed by atoms with Gasteiger partial charge in [-0.3, -0.25) is 4.79 Å². The summed E-state index contributed by atoms with van der Waals surface area (Å²) in [6.07, 6.45) is 0. The van der Waals surface area contributed by atoms with Gasteiger partial charge in [-0.2, -0.15) is 8.78 Å². The van der Waals surface area contributed by atoms with Gasteiger partial charge in [-0.05, 0) is 0 Å². The number of hydrogen-bond acceptors (Lipinski definition) is 3. The highest BCUT2D eigenvalue weighted by Gasteiger charge is 2.44. The lowest BCUT2D eigenvalue weighted by atomic mass is 10.0. The van der Waals surface area contributed by atoms with Crippen molar-refractivity contribution in [2.45, 2.75) is 12.0 Å². The second kappa shape index (κ2) is 4.35. The monoisotopic (exact) mass is 215 g/mol. The SMILES string of the molecule is COC(=O)C(N)C(F)(F)c1ccccc1. The van der Waals surface area contributed by atoms with Gasteiger partial charge >= 0.3 is 5.97 Å². The Morgan fingerprint density at radius 1 is 1.40 bits per heavy atom. The maximum absolute atomic E-state index is 13.6. The zero-order chi connectivity index (χ0) is 11.5. The van der Waals surface area contributed by atoms with E-state index in [1.54, 1.807) is 6.07 Å². The second-order valence-electron chi connectivity index (χ2n) is 2.99. The van der Waals surface area contributed by atoms with Crippen LogP contribution in [0.3, 0.4) is 0 Å². The van der Waals surface area contributed by atoms with Crippen LogP contribution in [0.15, 0.2) is 30.3 Å². The van der Waals surface area contributed by atoms with E-state index in [9.17, 15) is 13.6 Å². The van der Waals surface area contributed by atoms with E-state index in [0.29, 0.717) is 0 Å². The van der Waals surface area contributed by atoms with E-state index >= 15 is 0 Å². The summed E-state index contributed by atoms with van der Waals surface area (Å²) >= 11 is 0. The smallest absolute Gasteiger partial charge is 0.329 e. The Morgan fingerprint density at radius 3 is 2.40 bits per heavy atom. The summed E-state index contributed by atoms with van der Waals surface area (Å²) in [5.41, 5.74) is 4.81. The topological polar surface area (TPSA) is 52.3 Å². The van der Waals surface area contributed by atoms with Crippen molar-refractivity contribution in [3.63, 3.8) is 0 Å². The fourth-order valence-corrected chi connectivity index (χ4v) is 1.11. The molecule has 3 nitrogen and oxygen atoms in total. The molecule has 0 radical (unpaired) electrons. The van der Waals surface area contributed by atoms with Gasteiger partial charge in [0.05, 0.1) is 7.11 Å². The summed E-state index contributed by atoms with van der Waals surface area (Å²) < 4.78 is 31.3. The summed E-state index contributed by atoms with van der Waals surface area (Å²) in [7, 11) is 1.02. The quantitative estimate of drug-likeness (QED) is 0.773. The summed E-state index contributed by atoms with van der Waals surface area (Å²) in [5, 5.41) is 0. The molecule has 5 heteroatoms. The molecule has 0 aromatic heterocycles. The maximum atomic E-state index is 13.6. The molecular formula is C10H11F2NO2. The van der Waals surface area contributed by atoms with Crippen LogP contribution in [-0.2, 0) is 15.5 Å². The van der Waals surface area contributed by atoms with Crippen molar-refractivity contribution < 1.29 is 18.3 Å². The summed E-state index contributed by atoms with van der Waals surface area (Å²) in [5.74, 6) is -4.56. The maximum Gasteiger partial charge on any atom is 0.329 e. The fourth-order valence-electron chi connectivity index (χ4n) is 1.11. The molecule has 1 rings (SSSR count). The van der Waals surface area contributed by atoms with Crippen LogP contribution in [0.5, 0.6) is 0 Å². The lowest BCUT2D eigenvalue weighted by Gasteiger charge is -2.21. The Balaban J connectivity index is 2.97. The molecule has 1 aromatic rings. The Bertz CT molecular complexity index is 341. The van der Waals surface area contributed by atoms with E-state index in [1.807, 2.05) is 0 Å². The fraction of sp³-hybridized carbons (Fsp3) is 0.300. The number of halogens is 2. The Kier molecular flexibility index (Phi) is 3.36. The van der Waals surface area contributed by atoms with E-state index < -0.39 is 17.9 Å². The molecule has 82 valence electrons. The molecule has 0 aliphatic heterocycles. The van der Waals surface area contributed by atoms with Gasteiger partial charge in [0.2, 0.25) is 0 Å². The van der Waals surface area contributed by atoms with E-state index in [-0.39, 0.29) is 5.56 Å². The molecule has 0 saturated heterocycles. The van der Waals surface area contributed by atoms with Crippen molar-refractivity contribution in [1.29, 1.82) is 0 Å². The number of ether oxygens (including phenoxy) is 1. The molecule has 15 heavy (non-hydrogen) atoms. The predicted octanol–water partition coefficient (Wildman–Crippen LogP) is 1.28. The number of methoxy groups -OCH3 is 1. The lowest BCUT2D eigenvalue weighted by Crippen LogP contribution is -2.45. The molecule has 0 bridgehead atoms. The van der Waals surface area contributed by atoms with Gasteiger partial charge in [0, 0.05) is 5.56 Å². The van der Waals surface area contributed by atoms with Gasteiger partial charge in [0.15, 0.2) is 6.04 Å². The third-order valence-corrected chi connectivity index (χ3v) is 2.00. The number of carbonyl (C=O) groups excluding carboxylic acids is 1. The van der Waals surface area contributed by atoms with Crippen LogP contribution in [0, 0.1) is 0 Å². The number of esters is 1. The molecule has 0 saturated carbocycles. The van der Waals surface area contributed by atoms with Gasteiger partial charge < -0.3 is 10.5 Å². The molecule has 0 fully saturated rings. The van der Waals surface area contributed by atoms with Gasteiger partial charge in [-0.15, -0.1) is 0 Å². The number of benzene rings is 1. The van der Waals surface area contributed by atoms with Crippen LogP contribution in [0.4, 0.5) is 8.78 Å². The summed E-state index contributed by atoms with van der Waals surface area (Å²) in [6, 6.07) is 4.94. The normalized spacial score (nSPS) is 13.3. The molecular weight excluding hydrogens is 204 g/mol. The lowest BCUT2D eigenvalue weighted by molar-refractivity contribution is -0.153. The number of hydrogen-bond donors (Lipinski definition) is 1. The molecule has 1 unspecified atom stereocenters. The highest BCUT2D eigenvalue weighted by atomic mass is 19.3. The minimum absolute atomic E-state index is 0.303. The Labute approximate surface area is 85.8 Å². The number of carbonyl (C=O) groups is 1. The largest absolute Gasteiger partial charge is 0.468 e.